The maximum Gasteiger partial charge on any atom is 0.330 e. The SMILES string of the molecule is C1CC1.CCCCCCCCC/C=C/C=C/C=C/C=C/C=C/C=C/C(=O)OC. The van der Waals surface area contributed by atoms with Crippen molar-refractivity contribution in [2.24, 2.45) is 0 Å². The van der Waals surface area contributed by atoms with Crippen molar-refractivity contribution in [2.45, 2.75) is 77.6 Å². The average Bonchev–Trinajstić information content (AvgIpc) is 3.59. The van der Waals surface area contributed by atoms with Crippen molar-refractivity contribution < 1.29 is 9.53 Å². The van der Waals surface area contributed by atoms with Crippen molar-refractivity contribution >= 4 is 5.97 Å². The quantitative estimate of drug-likeness (QED) is 0.132. The van der Waals surface area contributed by atoms with Crippen molar-refractivity contribution in [3.05, 3.63) is 72.9 Å². The monoisotopic (exact) mass is 384 g/mol. The van der Waals surface area contributed by atoms with E-state index in [1.165, 1.54) is 83.8 Å². The Morgan fingerprint density at radius 2 is 1.14 bits per heavy atom. The molecule has 0 bridgehead atoms. The van der Waals surface area contributed by atoms with Crippen LogP contribution in [-0.2, 0) is 9.53 Å². The van der Waals surface area contributed by atoms with Crippen LogP contribution in [0.4, 0.5) is 0 Å². The number of ether oxygens (including phenoxy) is 1. The number of hydrogen-bond acceptors (Lipinski definition) is 2. The van der Waals surface area contributed by atoms with Gasteiger partial charge in [0.1, 0.15) is 0 Å². The molecule has 0 unspecified atom stereocenters. The number of rotatable bonds is 14. The zero-order chi connectivity index (χ0) is 20.5. The van der Waals surface area contributed by atoms with Crippen LogP contribution in [0.15, 0.2) is 72.9 Å². The fourth-order valence-electron chi connectivity index (χ4n) is 2.11. The van der Waals surface area contributed by atoms with Crippen LogP contribution >= 0.6 is 0 Å². The average molecular weight is 385 g/mol. The number of carbonyl (C=O) groups excluding carboxylic acids is 1. The number of hydrogen-bond donors (Lipinski definition) is 0. The van der Waals surface area contributed by atoms with Crippen LogP contribution in [0.1, 0.15) is 77.6 Å². The number of methoxy groups -OCH3 is 1. The largest absolute Gasteiger partial charge is 0.466 e. The van der Waals surface area contributed by atoms with Gasteiger partial charge in [0.15, 0.2) is 0 Å². The third-order valence-electron chi connectivity index (χ3n) is 3.90. The summed E-state index contributed by atoms with van der Waals surface area (Å²) in [6.45, 7) is 2.26. The van der Waals surface area contributed by atoms with E-state index in [1.807, 2.05) is 36.5 Å². The second-order valence-corrected chi connectivity index (χ2v) is 6.82. The molecule has 0 aromatic heterocycles. The van der Waals surface area contributed by atoms with Crippen molar-refractivity contribution in [1.29, 1.82) is 0 Å². The van der Waals surface area contributed by atoms with Gasteiger partial charge in [-0.1, -0.05) is 132 Å². The first-order valence-corrected chi connectivity index (χ1v) is 10.9. The molecule has 1 saturated carbocycles. The Hall–Kier alpha value is -2.09. The maximum atomic E-state index is 10.8. The summed E-state index contributed by atoms with van der Waals surface area (Å²) < 4.78 is 4.49. The van der Waals surface area contributed by atoms with E-state index in [4.69, 9.17) is 0 Å². The summed E-state index contributed by atoms with van der Waals surface area (Å²) in [5.74, 6) is -0.348. The summed E-state index contributed by atoms with van der Waals surface area (Å²) >= 11 is 0. The van der Waals surface area contributed by atoms with Crippen LogP contribution in [0, 0.1) is 0 Å². The first-order chi connectivity index (χ1) is 13.8. The Morgan fingerprint density at radius 3 is 1.64 bits per heavy atom. The lowest BCUT2D eigenvalue weighted by Crippen LogP contribution is -1.92. The summed E-state index contributed by atoms with van der Waals surface area (Å²) in [5, 5.41) is 0. The molecule has 156 valence electrons. The molecule has 0 aliphatic heterocycles. The number of esters is 1. The van der Waals surface area contributed by atoms with E-state index >= 15 is 0 Å². The van der Waals surface area contributed by atoms with Crippen molar-refractivity contribution in [1.82, 2.24) is 0 Å². The van der Waals surface area contributed by atoms with E-state index in [-0.39, 0.29) is 5.97 Å². The highest BCUT2D eigenvalue weighted by Crippen LogP contribution is 2.14. The minimum Gasteiger partial charge on any atom is -0.466 e. The molecular weight excluding hydrogens is 344 g/mol. The molecule has 28 heavy (non-hydrogen) atoms. The Kier molecular flexibility index (Phi) is 21.2. The summed E-state index contributed by atoms with van der Waals surface area (Å²) in [6.07, 6.45) is 38.1. The Balaban J connectivity index is 0.00000219. The molecule has 1 aliphatic carbocycles. The van der Waals surface area contributed by atoms with Crippen LogP contribution in [0.2, 0.25) is 0 Å². The van der Waals surface area contributed by atoms with Crippen LogP contribution in [-0.4, -0.2) is 13.1 Å². The lowest BCUT2D eigenvalue weighted by atomic mass is 10.1. The Morgan fingerprint density at radius 1 is 0.679 bits per heavy atom. The fourth-order valence-corrected chi connectivity index (χ4v) is 2.11. The number of allylic oxidation sites excluding steroid dienone is 11. The molecule has 1 aliphatic rings. The Labute approximate surface area is 173 Å². The van der Waals surface area contributed by atoms with Crippen LogP contribution < -0.4 is 0 Å². The molecule has 0 saturated heterocycles. The zero-order valence-electron chi connectivity index (χ0n) is 18.0. The van der Waals surface area contributed by atoms with Gasteiger partial charge in [-0.05, 0) is 12.8 Å². The lowest BCUT2D eigenvalue weighted by Gasteiger charge is -1.98. The fraction of sp³-hybridized carbons (Fsp3) is 0.500. The molecule has 0 atom stereocenters. The summed E-state index contributed by atoms with van der Waals surface area (Å²) in [4.78, 5) is 10.8. The minimum absolute atomic E-state index is 0.348. The molecule has 0 aromatic rings. The molecule has 0 N–H and O–H groups in total. The molecule has 0 radical (unpaired) electrons. The van der Waals surface area contributed by atoms with Crippen LogP contribution in [0.25, 0.3) is 0 Å². The van der Waals surface area contributed by atoms with Crippen molar-refractivity contribution in [2.75, 3.05) is 7.11 Å². The zero-order valence-corrected chi connectivity index (χ0v) is 18.0. The molecule has 0 spiro atoms. The van der Waals surface area contributed by atoms with E-state index in [2.05, 4.69) is 29.9 Å². The Bertz CT molecular complexity index is 514. The number of carbonyl (C=O) groups is 1. The highest BCUT2D eigenvalue weighted by Gasteiger charge is 1.95. The van der Waals surface area contributed by atoms with Crippen molar-refractivity contribution in [3.8, 4) is 0 Å². The van der Waals surface area contributed by atoms with E-state index in [0.717, 1.165) is 0 Å². The second kappa shape index (κ2) is 23.0. The van der Waals surface area contributed by atoms with Gasteiger partial charge in [0.05, 0.1) is 7.11 Å². The first kappa shape index (κ1) is 25.9. The van der Waals surface area contributed by atoms with Gasteiger partial charge in [0, 0.05) is 6.08 Å². The van der Waals surface area contributed by atoms with Gasteiger partial charge in [0.25, 0.3) is 0 Å². The summed E-state index contributed by atoms with van der Waals surface area (Å²) in [7, 11) is 1.36. The molecule has 1 rings (SSSR count). The topological polar surface area (TPSA) is 26.3 Å². The van der Waals surface area contributed by atoms with Gasteiger partial charge < -0.3 is 4.74 Å². The smallest absolute Gasteiger partial charge is 0.330 e. The highest BCUT2D eigenvalue weighted by molar-refractivity contribution is 5.82. The van der Waals surface area contributed by atoms with Gasteiger partial charge in [-0.2, -0.15) is 0 Å². The maximum absolute atomic E-state index is 10.8. The molecule has 0 aromatic carbocycles. The molecule has 2 heteroatoms. The number of unbranched alkanes of at least 4 members (excludes halogenated alkanes) is 7. The first-order valence-electron chi connectivity index (χ1n) is 10.9. The predicted molar refractivity (Wildman–Crippen MR) is 123 cm³/mol. The predicted octanol–water partition coefficient (Wildman–Crippen LogP) is 7.81. The normalized spacial score (nSPS) is 14.1. The van der Waals surface area contributed by atoms with Crippen molar-refractivity contribution in [3.63, 3.8) is 0 Å². The van der Waals surface area contributed by atoms with Gasteiger partial charge in [-0.25, -0.2) is 4.79 Å². The van der Waals surface area contributed by atoms with Crippen LogP contribution in [0.5, 0.6) is 0 Å². The summed E-state index contributed by atoms with van der Waals surface area (Å²) in [6, 6.07) is 0. The molecule has 2 nitrogen and oxygen atoms in total. The van der Waals surface area contributed by atoms with Gasteiger partial charge >= 0.3 is 5.97 Å². The van der Waals surface area contributed by atoms with Gasteiger partial charge in [0.2, 0.25) is 0 Å². The van der Waals surface area contributed by atoms with E-state index in [1.54, 1.807) is 12.2 Å². The van der Waals surface area contributed by atoms with Gasteiger partial charge in [-0.15, -0.1) is 0 Å². The van der Waals surface area contributed by atoms with E-state index in [9.17, 15) is 4.79 Å². The third kappa shape index (κ3) is 26.1. The molecule has 1 fully saturated rings. The minimum atomic E-state index is -0.348. The molecule has 0 heterocycles. The standard InChI is InChI=1S/C23H34O2.C3H6/c1-3-4-5-6-7-8-9-10-11-12-13-14-15-16-17-18-19-20-21-22-23(24)25-2;1-2-3-1/h11-22H,3-10H2,1-2H3;1-3H2/b12-11+,14-13+,16-15+,18-17+,20-19+,22-21+;. The highest BCUT2D eigenvalue weighted by atomic mass is 16.5. The summed E-state index contributed by atoms with van der Waals surface area (Å²) in [5.41, 5.74) is 0. The molecular formula is C26H40O2. The third-order valence-corrected chi connectivity index (χ3v) is 3.90. The molecule has 0 amide bonds. The van der Waals surface area contributed by atoms with E-state index in [0.29, 0.717) is 0 Å². The second-order valence-electron chi connectivity index (χ2n) is 6.82. The van der Waals surface area contributed by atoms with Gasteiger partial charge in [-0.3, -0.25) is 0 Å². The lowest BCUT2D eigenvalue weighted by molar-refractivity contribution is -0.134. The van der Waals surface area contributed by atoms with Crippen LogP contribution in [0.3, 0.4) is 0 Å². The van der Waals surface area contributed by atoms with E-state index < -0.39 is 0 Å².